The van der Waals surface area contributed by atoms with Crippen molar-refractivity contribution in [1.82, 2.24) is 9.80 Å². The molecular weight excluding hydrogens is 472 g/mol. The van der Waals surface area contributed by atoms with E-state index in [-0.39, 0.29) is 16.6 Å². The number of carbonyl (C=O) groups excluding carboxylic acids is 1. The summed E-state index contributed by atoms with van der Waals surface area (Å²) in [6, 6.07) is 21.1. The number of anilines is 1. The molecule has 9 heteroatoms. The van der Waals surface area contributed by atoms with Crippen LogP contribution < -0.4 is 5.32 Å². The third kappa shape index (κ3) is 5.47. The fourth-order valence-corrected chi connectivity index (χ4v) is 4.90. The van der Waals surface area contributed by atoms with E-state index in [9.17, 15) is 13.2 Å². The minimum atomic E-state index is -3.70. The summed E-state index contributed by atoms with van der Waals surface area (Å²) in [5, 5.41) is 3.71. The minimum absolute atomic E-state index is 0.0884. The van der Waals surface area contributed by atoms with Gasteiger partial charge < -0.3 is 15.1 Å². The van der Waals surface area contributed by atoms with Gasteiger partial charge >= 0.3 is 0 Å². The lowest BCUT2D eigenvalue weighted by atomic mass is 10.1. The van der Waals surface area contributed by atoms with Gasteiger partial charge in [0.1, 0.15) is 4.90 Å². The Bertz CT molecular complexity index is 1320. The van der Waals surface area contributed by atoms with Crippen LogP contribution in [0.2, 0.25) is 5.02 Å². The standard InChI is InChI=1S/C25H25ClN4O3S/c1-29(2)15-16-30(17-18-7-11-20(26)12-8-18)25(31)19-9-13-21(14-10-19)27-24-22-5-3-4-6-23(22)34(32,33)28-24/h3-14H,15-17H2,1-2H3,(H,27,28). The molecule has 0 spiro atoms. The Kier molecular flexibility index (Phi) is 7.02. The van der Waals surface area contributed by atoms with Gasteiger partial charge in [-0.15, -0.1) is 4.40 Å². The number of amides is 1. The van der Waals surface area contributed by atoms with E-state index in [2.05, 4.69) is 9.71 Å². The molecule has 0 fully saturated rings. The highest BCUT2D eigenvalue weighted by Crippen LogP contribution is 2.27. The van der Waals surface area contributed by atoms with Crippen LogP contribution in [0.4, 0.5) is 5.69 Å². The van der Waals surface area contributed by atoms with Gasteiger partial charge in [-0.3, -0.25) is 4.79 Å². The van der Waals surface area contributed by atoms with Crippen LogP contribution in [0, 0.1) is 0 Å². The average molecular weight is 497 g/mol. The van der Waals surface area contributed by atoms with Crippen molar-refractivity contribution in [2.24, 2.45) is 4.40 Å². The summed E-state index contributed by atoms with van der Waals surface area (Å²) in [6.45, 7) is 1.77. The van der Waals surface area contributed by atoms with Crippen molar-refractivity contribution in [2.45, 2.75) is 11.4 Å². The van der Waals surface area contributed by atoms with Gasteiger partial charge in [0.25, 0.3) is 15.9 Å². The van der Waals surface area contributed by atoms with Gasteiger partial charge in [-0.2, -0.15) is 8.42 Å². The predicted octanol–water partition coefficient (Wildman–Crippen LogP) is 4.11. The van der Waals surface area contributed by atoms with Crippen molar-refractivity contribution in [2.75, 3.05) is 32.5 Å². The third-order valence-electron chi connectivity index (χ3n) is 5.42. The molecule has 1 N–H and O–H groups in total. The van der Waals surface area contributed by atoms with E-state index in [1.807, 2.05) is 43.3 Å². The number of benzene rings is 3. The molecule has 7 nitrogen and oxygen atoms in total. The minimum Gasteiger partial charge on any atom is -0.339 e. The normalized spacial score (nSPS) is 13.9. The zero-order chi connectivity index (χ0) is 24.3. The fourth-order valence-electron chi connectivity index (χ4n) is 3.59. The molecule has 1 amide bonds. The third-order valence-corrected chi connectivity index (χ3v) is 7.00. The van der Waals surface area contributed by atoms with Crippen LogP contribution in [0.3, 0.4) is 0 Å². The monoisotopic (exact) mass is 496 g/mol. The molecule has 0 unspecified atom stereocenters. The van der Waals surface area contributed by atoms with Gasteiger partial charge in [0, 0.05) is 41.5 Å². The van der Waals surface area contributed by atoms with E-state index in [1.165, 1.54) is 6.07 Å². The maximum atomic E-state index is 13.3. The average Bonchev–Trinajstić information content (AvgIpc) is 3.08. The van der Waals surface area contributed by atoms with Gasteiger partial charge in [0.2, 0.25) is 0 Å². The molecule has 1 heterocycles. The van der Waals surface area contributed by atoms with Crippen molar-refractivity contribution in [3.8, 4) is 0 Å². The van der Waals surface area contributed by atoms with Gasteiger partial charge in [0.05, 0.1) is 0 Å². The summed E-state index contributed by atoms with van der Waals surface area (Å²) in [4.78, 5) is 17.3. The molecule has 0 bridgehead atoms. The fraction of sp³-hybridized carbons (Fsp3) is 0.200. The molecule has 1 aliphatic heterocycles. The molecule has 0 radical (unpaired) electrons. The van der Waals surface area contributed by atoms with Crippen molar-refractivity contribution in [3.05, 3.63) is 94.5 Å². The largest absolute Gasteiger partial charge is 0.339 e. The summed E-state index contributed by atoms with van der Waals surface area (Å²) in [5.74, 6) is 0.180. The maximum absolute atomic E-state index is 13.3. The molecule has 0 saturated heterocycles. The van der Waals surface area contributed by atoms with Crippen molar-refractivity contribution in [1.29, 1.82) is 0 Å². The number of amidine groups is 1. The smallest absolute Gasteiger partial charge is 0.285 e. The van der Waals surface area contributed by atoms with Gasteiger partial charge in [-0.1, -0.05) is 35.9 Å². The number of halogens is 1. The molecular formula is C25H25ClN4O3S. The Morgan fingerprint density at radius 2 is 1.62 bits per heavy atom. The topological polar surface area (TPSA) is 82.1 Å². The molecule has 1 aliphatic rings. The van der Waals surface area contributed by atoms with Gasteiger partial charge in [-0.05, 0) is 68.2 Å². The Hall–Kier alpha value is -3.20. The summed E-state index contributed by atoms with van der Waals surface area (Å²) in [5.41, 5.74) is 2.70. The highest BCUT2D eigenvalue weighted by molar-refractivity contribution is 7.90. The Morgan fingerprint density at radius 3 is 2.29 bits per heavy atom. The number of likely N-dealkylation sites (N-methyl/N-ethyl adjacent to an activating group) is 1. The Labute approximate surface area is 204 Å². The summed E-state index contributed by atoms with van der Waals surface area (Å²) < 4.78 is 28.4. The lowest BCUT2D eigenvalue weighted by molar-refractivity contribution is 0.0732. The quantitative estimate of drug-likeness (QED) is 0.532. The first-order chi connectivity index (χ1) is 16.2. The number of carbonyl (C=O) groups is 1. The number of hydrogen-bond acceptors (Lipinski definition) is 5. The Morgan fingerprint density at radius 1 is 0.941 bits per heavy atom. The van der Waals surface area contributed by atoms with Crippen LogP contribution in [0.15, 0.2) is 82.1 Å². The Balaban J connectivity index is 1.51. The first-order valence-corrected chi connectivity index (χ1v) is 12.5. The molecule has 4 rings (SSSR count). The molecule has 176 valence electrons. The van der Waals surface area contributed by atoms with Crippen molar-refractivity contribution >= 4 is 39.1 Å². The first kappa shape index (κ1) is 23.9. The second-order valence-corrected chi connectivity index (χ2v) is 10.3. The van der Waals surface area contributed by atoms with Crippen LogP contribution in [0.1, 0.15) is 21.5 Å². The summed E-state index contributed by atoms with van der Waals surface area (Å²) in [7, 11) is 0.234. The van der Waals surface area contributed by atoms with E-state index < -0.39 is 10.0 Å². The molecule has 0 atom stereocenters. The van der Waals surface area contributed by atoms with Crippen LogP contribution >= 0.6 is 11.6 Å². The zero-order valence-corrected chi connectivity index (χ0v) is 20.5. The first-order valence-electron chi connectivity index (χ1n) is 10.7. The number of nitrogens with zero attached hydrogens (tertiary/aromatic N) is 3. The van der Waals surface area contributed by atoms with Crippen LogP contribution in [0.5, 0.6) is 0 Å². The number of rotatable bonds is 7. The van der Waals surface area contributed by atoms with Gasteiger partial charge in [-0.25, -0.2) is 0 Å². The van der Waals surface area contributed by atoms with E-state index in [4.69, 9.17) is 11.6 Å². The summed E-state index contributed by atoms with van der Waals surface area (Å²) >= 11 is 5.99. The zero-order valence-electron chi connectivity index (χ0n) is 18.9. The molecule has 3 aromatic carbocycles. The molecule has 0 saturated carbocycles. The predicted molar refractivity (Wildman–Crippen MR) is 135 cm³/mol. The molecule has 0 aromatic heterocycles. The van der Waals surface area contributed by atoms with Gasteiger partial charge in [0.15, 0.2) is 5.84 Å². The number of nitrogens with one attached hydrogen (secondary N) is 1. The number of sulfonamides is 1. The lowest BCUT2D eigenvalue weighted by Gasteiger charge is -2.25. The van der Waals surface area contributed by atoms with E-state index in [0.29, 0.717) is 34.9 Å². The van der Waals surface area contributed by atoms with E-state index >= 15 is 0 Å². The molecule has 3 aromatic rings. The van der Waals surface area contributed by atoms with E-state index in [1.54, 1.807) is 47.4 Å². The number of hydrogen-bond donors (Lipinski definition) is 1. The maximum Gasteiger partial charge on any atom is 0.285 e. The molecule has 34 heavy (non-hydrogen) atoms. The van der Waals surface area contributed by atoms with Crippen LogP contribution in [-0.4, -0.2) is 57.1 Å². The second kappa shape index (κ2) is 9.97. The highest BCUT2D eigenvalue weighted by Gasteiger charge is 2.28. The number of fused-ring (bicyclic) bond motifs is 1. The molecule has 0 aliphatic carbocycles. The van der Waals surface area contributed by atoms with E-state index in [0.717, 1.165) is 12.1 Å². The van der Waals surface area contributed by atoms with Crippen molar-refractivity contribution < 1.29 is 13.2 Å². The van der Waals surface area contributed by atoms with Crippen LogP contribution in [-0.2, 0) is 16.6 Å². The SMILES string of the molecule is CN(C)CCN(Cc1ccc(Cl)cc1)C(=O)c1ccc(NC2=NS(=O)(=O)c3ccccc32)cc1. The summed E-state index contributed by atoms with van der Waals surface area (Å²) in [6.07, 6.45) is 0. The second-order valence-electron chi connectivity index (χ2n) is 8.27. The lowest BCUT2D eigenvalue weighted by Crippen LogP contribution is -2.36. The highest BCUT2D eigenvalue weighted by atomic mass is 35.5. The van der Waals surface area contributed by atoms with Crippen molar-refractivity contribution in [3.63, 3.8) is 0 Å². The van der Waals surface area contributed by atoms with Crippen LogP contribution in [0.25, 0.3) is 0 Å².